The van der Waals surface area contributed by atoms with Crippen molar-refractivity contribution in [3.8, 4) is 0 Å². The van der Waals surface area contributed by atoms with Crippen LogP contribution in [0.2, 0.25) is 0 Å². The summed E-state index contributed by atoms with van der Waals surface area (Å²) in [7, 11) is 0. The van der Waals surface area contributed by atoms with Gasteiger partial charge in [-0.2, -0.15) is 9.47 Å². The van der Waals surface area contributed by atoms with Gasteiger partial charge in [-0.15, -0.1) is 0 Å². The highest BCUT2D eigenvalue weighted by molar-refractivity contribution is 7.13. The lowest BCUT2D eigenvalue weighted by Crippen LogP contribution is -2.46. The molecule has 3 heterocycles. The summed E-state index contributed by atoms with van der Waals surface area (Å²) in [5, 5.41) is 16.8. The maximum Gasteiger partial charge on any atom is 0.354 e. The monoisotopic (exact) mass is 343 g/mol. The number of H-pyrrole nitrogens is 1. The Hall–Kier alpha value is -2.45. The zero-order valence-electron chi connectivity index (χ0n) is 13.0. The Labute approximate surface area is 142 Å². The molecule has 1 fully saturated rings. The third kappa shape index (κ3) is 2.74. The molecule has 7 nitrogen and oxygen atoms in total. The van der Waals surface area contributed by atoms with Crippen LogP contribution >= 0.6 is 11.5 Å². The number of aromatic carboxylic acids is 1. The fraction of sp³-hybridized carbons (Fsp3) is 0.312. The summed E-state index contributed by atoms with van der Waals surface area (Å²) in [6.45, 7) is 4.11. The standard InChI is InChI=1S/C16H17N5O2S/c22-16(23)14-11(9-17-18-14)10-20-5-7-21(8-6-20)15-12-3-1-2-4-13(12)24-19-15/h1-4,9H,5-8,10H2,(H,17,18)(H,22,23). The van der Waals surface area contributed by atoms with Crippen molar-refractivity contribution in [1.82, 2.24) is 19.5 Å². The Balaban J connectivity index is 1.43. The number of carbonyl (C=O) groups is 1. The van der Waals surface area contributed by atoms with E-state index in [1.54, 1.807) is 6.20 Å². The van der Waals surface area contributed by atoms with Crippen LogP contribution in [0.5, 0.6) is 0 Å². The minimum Gasteiger partial charge on any atom is -0.477 e. The molecule has 2 aromatic heterocycles. The first kappa shape index (κ1) is 15.1. The topological polar surface area (TPSA) is 85.3 Å². The second-order valence-corrected chi connectivity index (χ2v) is 6.65. The molecule has 0 amide bonds. The first-order valence-corrected chi connectivity index (χ1v) is 8.57. The van der Waals surface area contributed by atoms with Crippen LogP contribution in [0.25, 0.3) is 10.1 Å². The van der Waals surface area contributed by atoms with E-state index in [4.69, 9.17) is 5.11 Å². The van der Waals surface area contributed by atoms with Crippen molar-refractivity contribution in [2.45, 2.75) is 6.54 Å². The van der Waals surface area contributed by atoms with Crippen molar-refractivity contribution < 1.29 is 9.90 Å². The molecule has 0 atom stereocenters. The second-order valence-electron chi connectivity index (χ2n) is 5.84. The van der Waals surface area contributed by atoms with E-state index in [-0.39, 0.29) is 5.69 Å². The summed E-state index contributed by atoms with van der Waals surface area (Å²) >= 11 is 1.53. The Morgan fingerprint density at radius 3 is 2.83 bits per heavy atom. The van der Waals surface area contributed by atoms with E-state index in [9.17, 15) is 4.79 Å². The van der Waals surface area contributed by atoms with Crippen molar-refractivity contribution in [2.75, 3.05) is 31.1 Å². The normalized spacial score (nSPS) is 15.9. The number of fused-ring (bicyclic) bond motifs is 1. The molecule has 0 radical (unpaired) electrons. The summed E-state index contributed by atoms with van der Waals surface area (Å²) in [6, 6.07) is 8.29. The van der Waals surface area contributed by atoms with Gasteiger partial charge in [-0.25, -0.2) is 4.79 Å². The summed E-state index contributed by atoms with van der Waals surface area (Å²) in [4.78, 5) is 15.7. The van der Waals surface area contributed by atoms with Crippen LogP contribution in [0.4, 0.5) is 5.82 Å². The van der Waals surface area contributed by atoms with Crippen molar-refractivity contribution in [1.29, 1.82) is 0 Å². The molecule has 0 spiro atoms. The Bertz CT molecular complexity index is 866. The number of carboxylic acid groups (broad SMARTS) is 1. The smallest absolute Gasteiger partial charge is 0.354 e. The molecule has 24 heavy (non-hydrogen) atoms. The number of nitrogens with one attached hydrogen (secondary N) is 1. The SMILES string of the molecule is O=C(O)c1[nH]ncc1CN1CCN(c2nsc3ccccc23)CC1. The highest BCUT2D eigenvalue weighted by Gasteiger charge is 2.22. The van der Waals surface area contributed by atoms with Crippen molar-refractivity contribution in [3.63, 3.8) is 0 Å². The van der Waals surface area contributed by atoms with Gasteiger partial charge in [0.1, 0.15) is 11.5 Å². The number of hydrogen-bond acceptors (Lipinski definition) is 6. The van der Waals surface area contributed by atoms with Gasteiger partial charge >= 0.3 is 5.97 Å². The quantitative estimate of drug-likeness (QED) is 0.754. The van der Waals surface area contributed by atoms with Crippen molar-refractivity contribution >= 4 is 33.4 Å². The summed E-state index contributed by atoms with van der Waals surface area (Å²) in [5.41, 5.74) is 0.915. The number of aromatic nitrogens is 3. The molecule has 1 aliphatic heterocycles. The van der Waals surface area contributed by atoms with E-state index in [0.717, 1.165) is 37.6 Å². The zero-order valence-corrected chi connectivity index (χ0v) is 13.8. The van der Waals surface area contributed by atoms with E-state index in [1.165, 1.54) is 21.6 Å². The third-order valence-corrected chi connectivity index (χ3v) is 5.17. The van der Waals surface area contributed by atoms with Gasteiger partial charge in [0.2, 0.25) is 0 Å². The van der Waals surface area contributed by atoms with Gasteiger partial charge in [0.25, 0.3) is 0 Å². The summed E-state index contributed by atoms with van der Waals surface area (Å²) in [5.74, 6) is 0.0971. The minimum absolute atomic E-state index is 0.183. The summed E-state index contributed by atoms with van der Waals surface area (Å²) in [6.07, 6.45) is 1.60. The number of aromatic amines is 1. The highest BCUT2D eigenvalue weighted by atomic mass is 32.1. The summed E-state index contributed by atoms with van der Waals surface area (Å²) < 4.78 is 5.82. The van der Waals surface area contributed by atoms with Crippen LogP contribution in [0.1, 0.15) is 16.1 Å². The lowest BCUT2D eigenvalue weighted by atomic mass is 10.2. The number of hydrogen-bond donors (Lipinski definition) is 2. The van der Waals surface area contributed by atoms with Crippen molar-refractivity contribution in [2.24, 2.45) is 0 Å². The number of anilines is 1. The van der Waals surface area contributed by atoms with Gasteiger partial charge in [-0.1, -0.05) is 12.1 Å². The molecule has 4 rings (SSSR count). The van der Waals surface area contributed by atoms with Gasteiger partial charge in [-0.3, -0.25) is 10.00 Å². The molecule has 0 bridgehead atoms. The van der Waals surface area contributed by atoms with E-state index < -0.39 is 5.97 Å². The van der Waals surface area contributed by atoms with Gasteiger partial charge in [0, 0.05) is 43.7 Å². The molecule has 0 saturated carbocycles. The molecule has 0 unspecified atom stereocenters. The van der Waals surface area contributed by atoms with E-state index in [0.29, 0.717) is 6.54 Å². The van der Waals surface area contributed by atoms with Crippen LogP contribution in [-0.2, 0) is 6.54 Å². The van der Waals surface area contributed by atoms with Crippen LogP contribution in [0.3, 0.4) is 0 Å². The van der Waals surface area contributed by atoms with Gasteiger partial charge in [0.15, 0.2) is 0 Å². The zero-order chi connectivity index (χ0) is 16.5. The molecule has 2 N–H and O–H groups in total. The average Bonchev–Trinajstić information content (AvgIpc) is 3.22. The first-order chi connectivity index (χ1) is 11.7. The maximum absolute atomic E-state index is 11.2. The van der Waals surface area contributed by atoms with Crippen LogP contribution < -0.4 is 4.90 Å². The highest BCUT2D eigenvalue weighted by Crippen LogP contribution is 2.29. The van der Waals surface area contributed by atoms with E-state index in [2.05, 4.69) is 36.5 Å². The van der Waals surface area contributed by atoms with Gasteiger partial charge in [-0.05, 0) is 23.7 Å². The molecule has 1 aliphatic rings. The predicted octanol–water partition coefficient (Wildman–Crippen LogP) is 2.04. The lowest BCUT2D eigenvalue weighted by molar-refractivity contribution is 0.0688. The molecule has 1 aromatic carbocycles. The fourth-order valence-electron chi connectivity index (χ4n) is 3.08. The Morgan fingerprint density at radius 2 is 2.04 bits per heavy atom. The van der Waals surface area contributed by atoms with E-state index in [1.807, 2.05) is 12.1 Å². The lowest BCUT2D eigenvalue weighted by Gasteiger charge is -2.34. The van der Waals surface area contributed by atoms with Gasteiger partial charge in [0.05, 0.1) is 10.9 Å². The fourth-order valence-corrected chi connectivity index (χ4v) is 3.87. The number of nitrogens with zero attached hydrogens (tertiary/aromatic N) is 4. The molecule has 0 aliphatic carbocycles. The largest absolute Gasteiger partial charge is 0.477 e. The predicted molar refractivity (Wildman–Crippen MR) is 92.7 cm³/mol. The third-order valence-electron chi connectivity index (χ3n) is 4.36. The van der Waals surface area contributed by atoms with Crippen LogP contribution in [0.15, 0.2) is 30.5 Å². The van der Waals surface area contributed by atoms with Crippen LogP contribution in [0, 0.1) is 0 Å². The molecular weight excluding hydrogens is 326 g/mol. The van der Waals surface area contributed by atoms with E-state index >= 15 is 0 Å². The molecule has 124 valence electrons. The number of carboxylic acids is 1. The van der Waals surface area contributed by atoms with Gasteiger partial charge < -0.3 is 10.0 Å². The first-order valence-electron chi connectivity index (χ1n) is 7.79. The van der Waals surface area contributed by atoms with Crippen LogP contribution in [-0.4, -0.2) is 56.7 Å². The Morgan fingerprint density at radius 1 is 1.25 bits per heavy atom. The second kappa shape index (κ2) is 6.21. The molecule has 3 aromatic rings. The molecule has 8 heteroatoms. The Kier molecular flexibility index (Phi) is 3.91. The maximum atomic E-state index is 11.2. The minimum atomic E-state index is -0.963. The number of benzene rings is 1. The molecule has 1 saturated heterocycles. The average molecular weight is 343 g/mol. The number of rotatable bonds is 4. The molecular formula is C16H17N5O2S. The number of piperazine rings is 1. The van der Waals surface area contributed by atoms with Crippen molar-refractivity contribution in [3.05, 3.63) is 41.7 Å².